The van der Waals surface area contributed by atoms with Crippen molar-refractivity contribution in [2.24, 2.45) is 73.7 Å². The Balaban J connectivity index is 1.09. The minimum Gasteiger partial charge on any atom is -0.481 e. The van der Waals surface area contributed by atoms with Crippen LogP contribution in [0.1, 0.15) is 144 Å². The molecule has 5 fully saturated rings. The van der Waals surface area contributed by atoms with E-state index in [0.717, 1.165) is 56.9 Å². The van der Waals surface area contributed by atoms with E-state index in [0.29, 0.717) is 41.8 Å². The maximum absolute atomic E-state index is 14.2. The fourth-order valence-electron chi connectivity index (χ4n) is 15.0. The van der Waals surface area contributed by atoms with E-state index >= 15 is 0 Å². The molecule has 0 bridgehead atoms. The molecule has 6 N–H and O–H groups in total. The Bertz CT molecular complexity index is 1960. The third kappa shape index (κ3) is 7.15. The number of ether oxygens (including phenoxy) is 1. The van der Waals surface area contributed by atoms with Crippen molar-refractivity contribution >= 4 is 35.2 Å². The van der Waals surface area contributed by atoms with Gasteiger partial charge in [0.2, 0.25) is 0 Å². The van der Waals surface area contributed by atoms with Crippen LogP contribution in [0.4, 0.5) is 0 Å². The second-order valence-corrected chi connectivity index (χ2v) is 23.4. The van der Waals surface area contributed by atoms with E-state index < -0.39 is 40.3 Å². The fraction of sp³-hybridized carbons (Fsp3) is 0.760. The van der Waals surface area contributed by atoms with Crippen LogP contribution in [0.5, 0.6) is 0 Å². The SMILES string of the molecule is CC(C)C1=C2[C@H]3CC[C@@H]4[C@@]5(C)CC[C@H](OC(=O)[C@H]6C[C@@H](C(=O)O)C6(C)C)C(C)(C)[C@@H]5CC[C@@]4(C)[C@]3(C)CC[C@@]2([C@@H](O)CNCC(C)(CN)NC(=O)c2ccc(Cl)cc2)CC1=O. The molecule has 1 aromatic carbocycles. The van der Waals surface area contributed by atoms with Gasteiger partial charge in [0.05, 0.1) is 23.5 Å². The molecule has 61 heavy (non-hydrogen) atoms. The first kappa shape index (κ1) is 46.2. The second-order valence-electron chi connectivity index (χ2n) is 23.0. The van der Waals surface area contributed by atoms with Crippen molar-refractivity contribution in [2.45, 2.75) is 151 Å². The maximum Gasteiger partial charge on any atom is 0.309 e. The lowest BCUT2D eigenvalue weighted by Crippen LogP contribution is -2.66. The molecule has 5 saturated carbocycles. The summed E-state index contributed by atoms with van der Waals surface area (Å²) in [5.74, 6) is -1.04. The first-order valence-electron chi connectivity index (χ1n) is 23.2. The first-order chi connectivity index (χ1) is 28.3. The molecule has 338 valence electrons. The number of hydrogen-bond donors (Lipinski definition) is 5. The molecule has 1 amide bonds. The summed E-state index contributed by atoms with van der Waals surface area (Å²) in [6.45, 7) is 22.9. The number of benzene rings is 1. The van der Waals surface area contributed by atoms with Crippen molar-refractivity contribution in [3.63, 3.8) is 0 Å². The van der Waals surface area contributed by atoms with Crippen LogP contribution < -0.4 is 16.4 Å². The molecule has 10 nitrogen and oxygen atoms in total. The van der Waals surface area contributed by atoms with Gasteiger partial charge in [-0.25, -0.2) is 0 Å². The largest absolute Gasteiger partial charge is 0.481 e. The number of halogens is 1. The number of carboxylic acid groups (broad SMARTS) is 1. The number of amides is 1. The Morgan fingerprint density at radius 3 is 2.18 bits per heavy atom. The van der Waals surface area contributed by atoms with Crippen molar-refractivity contribution in [2.75, 3.05) is 19.6 Å². The highest BCUT2D eigenvalue weighted by Crippen LogP contribution is 2.77. The van der Waals surface area contributed by atoms with Gasteiger partial charge in [-0.05, 0) is 140 Å². The Hall–Kier alpha value is -2.79. The third-order valence-electron chi connectivity index (χ3n) is 19.0. The van der Waals surface area contributed by atoms with Gasteiger partial charge in [0.1, 0.15) is 6.10 Å². The molecule has 6 aliphatic carbocycles. The molecular weight excluding hydrogens is 790 g/mol. The number of carboxylic acids is 1. The van der Waals surface area contributed by atoms with E-state index in [2.05, 4.69) is 59.1 Å². The summed E-state index contributed by atoms with van der Waals surface area (Å²) in [6.07, 6.45) is 7.21. The van der Waals surface area contributed by atoms with Gasteiger partial charge in [0.25, 0.3) is 5.91 Å². The fourth-order valence-corrected chi connectivity index (χ4v) is 15.2. The van der Waals surface area contributed by atoms with E-state index in [1.165, 1.54) is 5.57 Å². The molecule has 1 unspecified atom stereocenters. The first-order valence-corrected chi connectivity index (χ1v) is 23.6. The lowest BCUT2D eigenvalue weighted by Gasteiger charge is -2.72. The van der Waals surface area contributed by atoms with E-state index in [4.69, 9.17) is 22.1 Å². The molecule has 12 atom stereocenters. The summed E-state index contributed by atoms with van der Waals surface area (Å²) in [5.41, 5.74) is 6.55. The average Bonchev–Trinajstić information content (AvgIpc) is 3.49. The van der Waals surface area contributed by atoms with E-state index in [-0.39, 0.29) is 70.3 Å². The minimum atomic E-state index is -0.842. The van der Waals surface area contributed by atoms with Crippen LogP contribution in [-0.4, -0.2) is 71.2 Å². The quantitative estimate of drug-likeness (QED) is 0.130. The number of carbonyl (C=O) groups is 4. The number of nitrogens with one attached hydrogen (secondary N) is 2. The van der Waals surface area contributed by atoms with Crippen LogP contribution in [0.15, 0.2) is 35.4 Å². The number of aliphatic carboxylic acids is 1. The maximum atomic E-state index is 14.2. The summed E-state index contributed by atoms with van der Waals surface area (Å²) in [4.78, 5) is 52.9. The zero-order valence-corrected chi connectivity index (χ0v) is 39.3. The molecule has 0 aromatic heterocycles. The predicted molar refractivity (Wildman–Crippen MR) is 238 cm³/mol. The van der Waals surface area contributed by atoms with Crippen LogP contribution >= 0.6 is 11.6 Å². The summed E-state index contributed by atoms with van der Waals surface area (Å²) in [6, 6.07) is 6.73. The molecule has 0 aliphatic heterocycles. The van der Waals surface area contributed by atoms with Gasteiger partial charge >= 0.3 is 11.9 Å². The number of ketones is 1. The number of aliphatic hydroxyl groups excluding tert-OH is 1. The molecule has 7 rings (SSSR count). The number of nitrogens with two attached hydrogens (primary N) is 1. The summed E-state index contributed by atoms with van der Waals surface area (Å²) in [7, 11) is 0. The van der Waals surface area contributed by atoms with E-state index in [9.17, 15) is 29.4 Å². The van der Waals surface area contributed by atoms with Crippen molar-refractivity contribution in [1.82, 2.24) is 10.6 Å². The molecular formula is C50H74ClN3O7. The molecule has 0 saturated heterocycles. The molecule has 6 aliphatic rings. The van der Waals surface area contributed by atoms with Gasteiger partial charge < -0.3 is 31.3 Å². The average molecular weight is 865 g/mol. The van der Waals surface area contributed by atoms with Gasteiger partial charge in [-0.2, -0.15) is 0 Å². The highest BCUT2D eigenvalue weighted by molar-refractivity contribution is 6.30. The van der Waals surface area contributed by atoms with Crippen molar-refractivity contribution in [3.8, 4) is 0 Å². The molecule has 0 heterocycles. The number of rotatable bonds is 12. The zero-order chi connectivity index (χ0) is 44.9. The van der Waals surface area contributed by atoms with Gasteiger partial charge in [-0.1, -0.05) is 79.5 Å². The Kier molecular flexibility index (Phi) is 11.9. The van der Waals surface area contributed by atoms with Crippen LogP contribution in [0, 0.1) is 68.0 Å². The number of allylic oxidation sites excluding steroid dienone is 1. The standard InChI is InChI=1S/C50H74ClN3O7/c1-28(2)39-34(55)24-50(37(56)25-53-27-46(7,26-52)54-41(57)29-11-13-30(51)14-12-29)22-21-48(9)31(40(39)50)15-16-36-47(8)19-18-38(45(5,6)35(47)17-20-49(36,48)10)61-43(60)33-23-32(42(58)59)44(33,3)4/h11-14,28,31-33,35-38,53,56H,15-27,52H2,1-10H3,(H,54,57)(H,58,59)/t31-,32+,33-,35+,36-,37+,38+,46?,47+,48-,49-,50+/m1/s1. The van der Waals surface area contributed by atoms with Crippen molar-refractivity contribution in [3.05, 3.63) is 46.0 Å². The van der Waals surface area contributed by atoms with E-state index in [1.54, 1.807) is 24.3 Å². The van der Waals surface area contributed by atoms with E-state index in [1.807, 2.05) is 20.8 Å². The minimum absolute atomic E-state index is 0.00385. The highest BCUT2D eigenvalue weighted by Gasteiger charge is 2.71. The van der Waals surface area contributed by atoms with Gasteiger partial charge in [0.15, 0.2) is 5.78 Å². The zero-order valence-electron chi connectivity index (χ0n) is 38.5. The summed E-state index contributed by atoms with van der Waals surface area (Å²) < 4.78 is 6.42. The summed E-state index contributed by atoms with van der Waals surface area (Å²) in [5, 5.41) is 29.2. The van der Waals surface area contributed by atoms with Gasteiger partial charge in [-0.15, -0.1) is 0 Å². The van der Waals surface area contributed by atoms with Crippen LogP contribution in [0.2, 0.25) is 5.02 Å². The smallest absolute Gasteiger partial charge is 0.309 e. The van der Waals surface area contributed by atoms with Crippen LogP contribution in [0.3, 0.4) is 0 Å². The lowest BCUT2D eigenvalue weighted by atomic mass is 9.33. The Labute approximate surface area is 369 Å². The van der Waals surface area contributed by atoms with Crippen molar-refractivity contribution in [1.29, 1.82) is 0 Å². The number of aliphatic hydroxyl groups is 1. The van der Waals surface area contributed by atoms with Gasteiger partial charge in [-0.3, -0.25) is 19.2 Å². The number of esters is 1. The number of Topliss-reactive ketones (excluding diaryl/α,β-unsaturated/α-hetero) is 1. The highest BCUT2D eigenvalue weighted by atomic mass is 35.5. The number of carbonyl (C=O) groups excluding carboxylic acids is 3. The van der Waals surface area contributed by atoms with Crippen LogP contribution in [-0.2, 0) is 19.1 Å². The van der Waals surface area contributed by atoms with Crippen LogP contribution in [0.25, 0.3) is 0 Å². The summed E-state index contributed by atoms with van der Waals surface area (Å²) >= 11 is 6.04. The Morgan fingerprint density at radius 1 is 0.902 bits per heavy atom. The topological polar surface area (TPSA) is 168 Å². The second kappa shape index (κ2) is 15.7. The molecule has 0 radical (unpaired) electrons. The Morgan fingerprint density at radius 2 is 1.57 bits per heavy atom. The lowest BCUT2D eigenvalue weighted by molar-refractivity contribution is -0.238. The molecule has 1 aromatic rings. The van der Waals surface area contributed by atoms with Gasteiger partial charge in [0, 0.05) is 47.5 Å². The normalized spacial score (nSPS) is 38.8. The molecule has 11 heteroatoms. The monoisotopic (exact) mass is 864 g/mol. The number of fused-ring (bicyclic) bond motifs is 7. The third-order valence-corrected chi connectivity index (χ3v) is 19.2. The molecule has 0 spiro atoms. The predicted octanol–water partition coefficient (Wildman–Crippen LogP) is 8.38. The number of hydrogen-bond acceptors (Lipinski definition) is 8. The van der Waals surface area contributed by atoms with Crippen molar-refractivity contribution < 1.29 is 34.1 Å².